The summed E-state index contributed by atoms with van der Waals surface area (Å²) in [6, 6.07) is 4.11. The summed E-state index contributed by atoms with van der Waals surface area (Å²) in [5.74, 6) is 1.02. The van der Waals surface area contributed by atoms with Crippen LogP contribution in [-0.4, -0.2) is 34.1 Å². The number of pyridine rings is 1. The molecule has 1 saturated heterocycles. The van der Waals surface area contributed by atoms with Gasteiger partial charge in [0.2, 0.25) is 5.88 Å². The molecule has 0 bridgehead atoms. The minimum atomic E-state index is -4.39. The first-order valence-corrected chi connectivity index (χ1v) is 7.15. The molecule has 23 heavy (non-hydrogen) atoms. The number of aromatic nitrogens is 3. The third kappa shape index (κ3) is 3.69. The van der Waals surface area contributed by atoms with Crippen LogP contribution in [0.5, 0.6) is 5.88 Å². The Hall–Kier alpha value is -2.38. The van der Waals surface area contributed by atoms with Gasteiger partial charge in [-0.15, -0.1) is 0 Å². The Balaban J connectivity index is 1.62. The van der Waals surface area contributed by atoms with Crippen LogP contribution < -0.4 is 9.64 Å². The third-order valence-corrected chi connectivity index (χ3v) is 3.61. The van der Waals surface area contributed by atoms with Crippen molar-refractivity contribution < 1.29 is 17.9 Å². The summed E-state index contributed by atoms with van der Waals surface area (Å²) in [5.41, 5.74) is 0.0955. The van der Waals surface area contributed by atoms with E-state index in [4.69, 9.17) is 4.74 Å². The van der Waals surface area contributed by atoms with Gasteiger partial charge >= 0.3 is 6.18 Å². The second-order valence-electron chi connectivity index (χ2n) is 5.38. The Morgan fingerprint density at radius 3 is 2.70 bits per heavy atom. The Kier molecular flexibility index (Phi) is 4.06. The maximum Gasteiger partial charge on any atom is 0.417 e. The number of anilines is 1. The molecule has 2 aromatic heterocycles. The molecular formula is C15H15F3N4O. The van der Waals surface area contributed by atoms with Crippen molar-refractivity contribution in [3.05, 3.63) is 42.0 Å². The zero-order valence-corrected chi connectivity index (χ0v) is 12.4. The van der Waals surface area contributed by atoms with Crippen molar-refractivity contribution in [1.82, 2.24) is 15.0 Å². The minimum absolute atomic E-state index is 0.130. The summed E-state index contributed by atoms with van der Waals surface area (Å²) in [7, 11) is 0. The topological polar surface area (TPSA) is 51.1 Å². The standard InChI is InChI=1S/C15H15F3N4O/c1-10-6-13(21-9-20-10)22-5-4-12(8-22)23-14-3-2-11(7-19-14)15(16,17)18/h2-3,6-7,9,12H,4-5,8H2,1H3. The van der Waals surface area contributed by atoms with E-state index in [0.717, 1.165) is 36.7 Å². The predicted molar refractivity (Wildman–Crippen MR) is 77.3 cm³/mol. The Labute approximate surface area is 131 Å². The molecule has 0 amide bonds. The molecule has 5 nitrogen and oxygen atoms in total. The monoisotopic (exact) mass is 324 g/mol. The van der Waals surface area contributed by atoms with Crippen molar-refractivity contribution in [1.29, 1.82) is 0 Å². The lowest BCUT2D eigenvalue weighted by Gasteiger charge is -2.18. The van der Waals surface area contributed by atoms with Gasteiger partial charge in [0.15, 0.2) is 0 Å². The van der Waals surface area contributed by atoms with Crippen LogP contribution >= 0.6 is 0 Å². The molecule has 1 unspecified atom stereocenters. The fourth-order valence-electron chi connectivity index (χ4n) is 2.43. The second kappa shape index (κ2) is 6.02. The maximum atomic E-state index is 12.5. The summed E-state index contributed by atoms with van der Waals surface area (Å²) < 4.78 is 43.2. The fourth-order valence-corrected chi connectivity index (χ4v) is 2.43. The third-order valence-electron chi connectivity index (χ3n) is 3.61. The van der Waals surface area contributed by atoms with Crippen LogP contribution in [0.1, 0.15) is 17.7 Å². The number of hydrogen-bond acceptors (Lipinski definition) is 5. The number of aryl methyl sites for hydroxylation is 1. The van der Waals surface area contributed by atoms with E-state index in [9.17, 15) is 13.2 Å². The lowest BCUT2D eigenvalue weighted by atomic mass is 10.3. The highest BCUT2D eigenvalue weighted by Crippen LogP contribution is 2.29. The smallest absolute Gasteiger partial charge is 0.417 e. The first-order valence-electron chi connectivity index (χ1n) is 7.15. The van der Waals surface area contributed by atoms with Crippen LogP contribution in [0.4, 0.5) is 19.0 Å². The summed E-state index contributed by atoms with van der Waals surface area (Å²) in [6.07, 6.45) is -1.46. The van der Waals surface area contributed by atoms with Crippen molar-refractivity contribution >= 4 is 5.82 Å². The fraction of sp³-hybridized carbons (Fsp3) is 0.400. The van der Waals surface area contributed by atoms with E-state index >= 15 is 0 Å². The summed E-state index contributed by atoms with van der Waals surface area (Å²) in [6.45, 7) is 3.27. The van der Waals surface area contributed by atoms with Crippen LogP contribution in [0.3, 0.4) is 0 Å². The van der Waals surface area contributed by atoms with E-state index in [1.54, 1.807) is 0 Å². The summed E-state index contributed by atoms with van der Waals surface area (Å²) in [5, 5.41) is 0. The first-order chi connectivity index (χ1) is 10.9. The molecule has 1 aliphatic heterocycles. The normalized spacial score (nSPS) is 18.3. The lowest BCUT2D eigenvalue weighted by molar-refractivity contribution is -0.137. The van der Waals surface area contributed by atoms with E-state index in [-0.39, 0.29) is 12.0 Å². The first kappa shape index (κ1) is 15.5. The summed E-state index contributed by atoms with van der Waals surface area (Å²) in [4.78, 5) is 14.1. The molecular weight excluding hydrogens is 309 g/mol. The average Bonchev–Trinajstić information content (AvgIpc) is 2.95. The molecule has 3 rings (SSSR count). The maximum absolute atomic E-state index is 12.5. The van der Waals surface area contributed by atoms with Crippen LogP contribution in [-0.2, 0) is 6.18 Å². The molecule has 8 heteroatoms. The van der Waals surface area contributed by atoms with E-state index in [0.29, 0.717) is 6.54 Å². The molecule has 122 valence electrons. The number of halogens is 3. The molecule has 2 aromatic rings. The Morgan fingerprint density at radius 1 is 1.22 bits per heavy atom. The van der Waals surface area contributed by atoms with E-state index in [2.05, 4.69) is 19.9 Å². The molecule has 1 fully saturated rings. The SMILES string of the molecule is Cc1cc(N2CCC(Oc3ccc(C(F)(F)F)cn3)C2)ncn1. The molecule has 1 atom stereocenters. The van der Waals surface area contributed by atoms with Crippen molar-refractivity contribution in [2.75, 3.05) is 18.0 Å². The van der Waals surface area contributed by atoms with E-state index < -0.39 is 11.7 Å². The molecule has 0 saturated carbocycles. The van der Waals surface area contributed by atoms with E-state index in [1.807, 2.05) is 13.0 Å². The quantitative estimate of drug-likeness (QED) is 0.869. The van der Waals surface area contributed by atoms with Crippen LogP contribution in [0, 0.1) is 6.92 Å². The van der Waals surface area contributed by atoms with Gasteiger partial charge in [0, 0.05) is 37.0 Å². The van der Waals surface area contributed by atoms with Gasteiger partial charge in [-0.05, 0) is 13.0 Å². The van der Waals surface area contributed by atoms with Gasteiger partial charge < -0.3 is 9.64 Å². The van der Waals surface area contributed by atoms with Crippen molar-refractivity contribution in [2.24, 2.45) is 0 Å². The van der Waals surface area contributed by atoms with Gasteiger partial charge in [0.1, 0.15) is 18.2 Å². The average molecular weight is 324 g/mol. The van der Waals surface area contributed by atoms with Gasteiger partial charge in [0.25, 0.3) is 0 Å². The highest BCUT2D eigenvalue weighted by atomic mass is 19.4. The van der Waals surface area contributed by atoms with Crippen LogP contribution in [0.15, 0.2) is 30.7 Å². The number of nitrogens with zero attached hydrogens (tertiary/aromatic N) is 4. The van der Waals surface area contributed by atoms with Gasteiger partial charge in [-0.3, -0.25) is 0 Å². The molecule has 0 radical (unpaired) electrons. The molecule has 0 aliphatic carbocycles. The molecule has 0 spiro atoms. The number of rotatable bonds is 3. The van der Waals surface area contributed by atoms with E-state index in [1.165, 1.54) is 12.4 Å². The van der Waals surface area contributed by atoms with Gasteiger partial charge in [-0.2, -0.15) is 13.2 Å². The van der Waals surface area contributed by atoms with Gasteiger partial charge in [0.05, 0.1) is 12.1 Å². The Morgan fingerprint density at radius 2 is 2.04 bits per heavy atom. The van der Waals surface area contributed by atoms with Crippen LogP contribution in [0.2, 0.25) is 0 Å². The van der Waals surface area contributed by atoms with Crippen LogP contribution in [0.25, 0.3) is 0 Å². The largest absolute Gasteiger partial charge is 0.472 e. The highest BCUT2D eigenvalue weighted by molar-refractivity contribution is 5.40. The van der Waals surface area contributed by atoms with Gasteiger partial charge in [-0.25, -0.2) is 15.0 Å². The van der Waals surface area contributed by atoms with Crippen molar-refractivity contribution in [2.45, 2.75) is 25.6 Å². The minimum Gasteiger partial charge on any atom is -0.472 e. The Bertz CT molecular complexity index is 675. The predicted octanol–water partition coefficient (Wildman–Crippen LogP) is 2.86. The molecule has 0 aromatic carbocycles. The lowest BCUT2D eigenvalue weighted by Crippen LogP contribution is -2.25. The molecule has 3 heterocycles. The van der Waals surface area contributed by atoms with Crippen molar-refractivity contribution in [3.63, 3.8) is 0 Å². The number of alkyl halides is 3. The zero-order valence-electron chi connectivity index (χ0n) is 12.4. The summed E-state index contributed by atoms with van der Waals surface area (Å²) >= 11 is 0. The molecule has 1 aliphatic rings. The molecule has 0 N–H and O–H groups in total. The number of hydrogen-bond donors (Lipinski definition) is 0. The second-order valence-corrected chi connectivity index (χ2v) is 5.38. The number of ether oxygens (including phenoxy) is 1. The van der Waals surface area contributed by atoms with Crippen molar-refractivity contribution in [3.8, 4) is 5.88 Å². The zero-order chi connectivity index (χ0) is 16.4. The van der Waals surface area contributed by atoms with Gasteiger partial charge in [-0.1, -0.05) is 0 Å². The highest BCUT2D eigenvalue weighted by Gasteiger charge is 2.31.